The first-order valence-electron chi connectivity index (χ1n) is 3.90. The number of nitriles is 1. The molecule has 0 aliphatic carbocycles. The second kappa shape index (κ2) is 4.58. The van der Waals surface area contributed by atoms with Crippen LogP contribution >= 0.6 is 11.6 Å². The number of nitrogens with one attached hydrogen (secondary N) is 1. The molecule has 1 rings (SSSR count). The van der Waals surface area contributed by atoms with Crippen LogP contribution in [-0.4, -0.2) is 6.54 Å². The van der Waals surface area contributed by atoms with Crippen LogP contribution in [0, 0.1) is 11.3 Å². The Morgan fingerprint density at radius 2 is 2.31 bits per heavy atom. The van der Waals surface area contributed by atoms with E-state index in [-0.39, 0.29) is 0 Å². The van der Waals surface area contributed by atoms with Crippen LogP contribution < -0.4 is 11.1 Å². The highest BCUT2D eigenvalue weighted by atomic mass is 35.5. The molecule has 3 N–H and O–H groups in total. The van der Waals surface area contributed by atoms with Crippen molar-refractivity contribution in [2.24, 2.45) is 0 Å². The summed E-state index contributed by atoms with van der Waals surface area (Å²) in [4.78, 5) is 0. The molecule has 0 aliphatic heterocycles. The summed E-state index contributed by atoms with van der Waals surface area (Å²) in [5.74, 6) is 0. The quantitative estimate of drug-likeness (QED) is 0.575. The largest absolute Gasteiger partial charge is 0.397 e. The maximum atomic E-state index is 8.32. The van der Waals surface area contributed by atoms with Crippen molar-refractivity contribution < 1.29 is 0 Å². The Bertz CT molecular complexity index is 330. The van der Waals surface area contributed by atoms with Gasteiger partial charge in [0.2, 0.25) is 0 Å². The molecule has 0 saturated carbocycles. The van der Waals surface area contributed by atoms with E-state index >= 15 is 0 Å². The minimum absolute atomic E-state index is 0.450. The van der Waals surface area contributed by atoms with E-state index in [1.165, 1.54) is 0 Å². The number of nitrogens with two attached hydrogens (primary N) is 1. The number of anilines is 2. The van der Waals surface area contributed by atoms with Crippen LogP contribution in [-0.2, 0) is 0 Å². The second-order valence-electron chi connectivity index (χ2n) is 2.57. The van der Waals surface area contributed by atoms with Gasteiger partial charge in [0.1, 0.15) is 0 Å². The van der Waals surface area contributed by atoms with E-state index in [9.17, 15) is 0 Å². The van der Waals surface area contributed by atoms with Crippen molar-refractivity contribution in [1.82, 2.24) is 0 Å². The first kappa shape index (κ1) is 9.69. The lowest BCUT2D eigenvalue weighted by Crippen LogP contribution is -2.03. The average Bonchev–Trinajstić information content (AvgIpc) is 2.11. The summed E-state index contributed by atoms with van der Waals surface area (Å²) in [5.41, 5.74) is 7.09. The lowest BCUT2D eigenvalue weighted by molar-refractivity contribution is 1.08. The van der Waals surface area contributed by atoms with Gasteiger partial charge in [0, 0.05) is 11.6 Å². The van der Waals surface area contributed by atoms with E-state index in [1.54, 1.807) is 18.2 Å². The molecule has 0 spiro atoms. The Morgan fingerprint density at radius 3 is 3.00 bits per heavy atom. The Hall–Kier alpha value is -1.40. The molecule has 1 aromatic carbocycles. The van der Waals surface area contributed by atoms with E-state index in [0.29, 0.717) is 23.7 Å². The van der Waals surface area contributed by atoms with E-state index in [4.69, 9.17) is 22.6 Å². The van der Waals surface area contributed by atoms with Gasteiger partial charge in [-0.25, -0.2) is 0 Å². The molecule has 0 fully saturated rings. The van der Waals surface area contributed by atoms with Crippen molar-refractivity contribution in [2.75, 3.05) is 17.6 Å². The highest BCUT2D eigenvalue weighted by molar-refractivity contribution is 6.31. The van der Waals surface area contributed by atoms with Gasteiger partial charge in [-0.2, -0.15) is 5.26 Å². The maximum absolute atomic E-state index is 8.32. The number of nitrogens with zero attached hydrogens (tertiary/aromatic N) is 1. The zero-order valence-corrected chi connectivity index (χ0v) is 7.80. The van der Waals surface area contributed by atoms with Crippen molar-refractivity contribution in [1.29, 1.82) is 5.26 Å². The fraction of sp³-hybridized carbons (Fsp3) is 0.222. The van der Waals surface area contributed by atoms with Crippen molar-refractivity contribution in [3.63, 3.8) is 0 Å². The number of nitrogen functional groups attached to an aromatic ring is 1. The van der Waals surface area contributed by atoms with Crippen LogP contribution in [0.3, 0.4) is 0 Å². The minimum atomic E-state index is 0.450. The minimum Gasteiger partial charge on any atom is -0.397 e. The van der Waals surface area contributed by atoms with Crippen molar-refractivity contribution >= 4 is 23.0 Å². The molecule has 0 saturated heterocycles. The number of hydrogen-bond acceptors (Lipinski definition) is 3. The first-order valence-corrected chi connectivity index (χ1v) is 4.27. The van der Waals surface area contributed by atoms with Crippen LogP contribution in [0.5, 0.6) is 0 Å². The van der Waals surface area contributed by atoms with E-state index in [2.05, 4.69) is 5.32 Å². The van der Waals surface area contributed by atoms with Crippen molar-refractivity contribution in [2.45, 2.75) is 6.42 Å². The third kappa shape index (κ3) is 2.85. The van der Waals surface area contributed by atoms with E-state index in [1.807, 2.05) is 6.07 Å². The molecule has 0 aromatic heterocycles. The summed E-state index contributed by atoms with van der Waals surface area (Å²) in [7, 11) is 0. The van der Waals surface area contributed by atoms with Gasteiger partial charge in [-0.05, 0) is 18.2 Å². The lowest BCUT2D eigenvalue weighted by Gasteiger charge is -2.07. The van der Waals surface area contributed by atoms with Gasteiger partial charge in [-0.3, -0.25) is 0 Å². The fourth-order valence-electron chi connectivity index (χ4n) is 0.935. The lowest BCUT2D eigenvalue weighted by atomic mass is 10.2. The molecule has 4 heteroatoms. The van der Waals surface area contributed by atoms with E-state index in [0.717, 1.165) is 5.69 Å². The molecule has 0 amide bonds. The third-order valence-corrected chi connectivity index (χ3v) is 1.80. The Labute approximate surface area is 82.1 Å². The van der Waals surface area contributed by atoms with Gasteiger partial charge in [-0.1, -0.05) is 11.6 Å². The number of halogens is 1. The second-order valence-corrected chi connectivity index (χ2v) is 3.00. The summed E-state index contributed by atoms with van der Waals surface area (Å²) < 4.78 is 0. The molecule has 0 aliphatic rings. The highest BCUT2D eigenvalue weighted by Crippen LogP contribution is 2.22. The molecule has 68 valence electrons. The highest BCUT2D eigenvalue weighted by Gasteiger charge is 1.98. The SMILES string of the molecule is N#CCCNc1cc(Cl)ccc1N. The molecule has 13 heavy (non-hydrogen) atoms. The predicted molar refractivity (Wildman–Crippen MR) is 54.6 cm³/mol. The van der Waals surface area contributed by atoms with E-state index < -0.39 is 0 Å². The Kier molecular flexibility index (Phi) is 3.41. The van der Waals surface area contributed by atoms with Crippen LogP contribution in [0.25, 0.3) is 0 Å². The average molecular weight is 196 g/mol. The smallest absolute Gasteiger partial charge is 0.0640 e. The standard InChI is InChI=1S/C9H10ClN3/c10-7-2-3-8(12)9(6-7)13-5-1-4-11/h2-3,6,13H,1,5,12H2. The van der Waals surface area contributed by atoms with Crippen LogP contribution in [0.15, 0.2) is 18.2 Å². The molecule has 0 bridgehead atoms. The molecule has 0 atom stereocenters. The monoisotopic (exact) mass is 195 g/mol. The first-order chi connectivity index (χ1) is 6.24. The molecule has 3 nitrogen and oxygen atoms in total. The van der Waals surface area contributed by atoms with Crippen molar-refractivity contribution in [3.05, 3.63) is 23.2 Å². The predicted octanol–water partition coefficient (Wildman–Crippen LogP) is 2.25. The van der Waals surface area contributed by atoms with Gasteiger partial charge in [0.25, 0.3) is 0 Å². The molecule has 1 aromatic rings. The third-order valence-electron chi connectivity index (χ3n) is 1.57. The van der Waals surface area contributed by atoms with Gasteiger partial charge in [0.15, 0.2) is 0 Å². The number of rotatable bonds is 3. The van der Waals surface area contributed by atoms with Gasteiger partial charge < -0.3 is 11.1 Å². The maximum Gasteiger partial charge on any atom is 0.0640 e. The molecule has 0 unspecified atom stereocenters. The van der Waals surface area contributed by atoms with Crippen molar-refractivity contribution in [3.8, 4) is 6.07 Å². The Balaban J connectivity index is 2.65. The summed E-state index contributed by atoms with van der Waals surface area (Å²) in [5, 5.41) is 12.0. The normalized spacial score (nSPS) is 9.23. The van der Waals surface area contributed by atoms with Crippen LogP contribution in [0.4, 0.5) is 11.4 Å². The Morgan fingerprint density at radius 1 is 1.54 bits per heavy atom. The van der Waals surface area contributed by atoms with Gasteiger partial charge in [-0.15, -0.1) is 0 Å². The summed E-state index contributed by atoms with van der Waals surface area (Å²) >= 11 is 5.77. The number of hydrogen-bond donors (Lipinski definition) is 2. The molecule has 0 heterocycles. The number of benzene rings is 1. The summed E-state index contributed by atoms with van der Waals surface area (Å²) in [6.07, 6.45) is 0.450. The summed E-state index contributed by atoms with van der Waals surface area (Å²) in [6, 6.07) is 7.24. The van der Waals surface area contributed by atoms with Crippen LogP contribution in [0.2, 0.25) is 5.02 Å². The molecule has 0 radical (unpaired) electrons. The zero-order chi connectivity index (χ0) is 9.68. The molecular weight excluding hydrogens is 186 g/mol. The molecular formula is C9H10ClN3. The van der Waals surface area contributed by atoms with Gasteiger partial charge in [0.05, 0.1) is 23.9 Å². The zero-order valence-electron chi connectivity index (χ0n) is 7.05. The fourth-order valence-corrected chi connectivity index (χ4v) is 1.11. The van der Waals surface area contributed by atoms with Crippen LogP contribution in [0.1, 0.15) is 6.42 Å². The topological polar surface area (TPSA) is 61.8 Å². The summed E-state index contributed by atoms with van der Waals surface area (Å²) in [6.45, 7) is 0.584. The van der Waals surface area contributed by atoms with Gasteiger partial charge >= 0.3 is 0 Å².